The quantitative estimate of drug-likeness (QED) is 0.828. The Morgan fingerprint density at radius 3 is 3.00 bits per heavy atom. The molecule has 1 fully saturated rings. The number of hydrogen-bond donors (Lipinski definition) is 2. The molecule has 2 N–H and O–H groups in total. The molecule has 5 nitrogen and oxygen atoms in total. The van der Waals surface area contributed by atoms with Gasteiger partial charge in [0.15, 0.2) is 0 Å². The molecule has 0 aliphatic carbocycles. The van der Waals surface area contributed by atoms with E-state index >= 15 is 0 Å². The van der Waals surface area contributed by atoms with E-state index in [1.807, 2.05) is 6.92 Å². The van der Waals surface area contributed by atoms with E-state index in [9.17, 15) is 14.0 Å². The van der Waals surface area contributed by atoms with Crippen molar-refractivity contribution < 1.29 is 14.0 Å². The van der Waals surface area contributed by atoms with Crippen molar-refractivity contribution in [2.75, 3.05) is 19.6 Å². The second-order valence-electron chi connectivity index (χ2n) is 5.53. The van der Waals surface area contributed by atoms with Crippen LogP contribution in [-0.2, 0) is 16.1 Å². The van der Waals surface area contributed by atoms with Crippen molar-refractivity contribution in [1.82, 2.24) is 15.5 Å². The lowest BCUT2D eigenvalue weighted by atomic mass is 10.1. The summed E-state index contributed by atoms with van der Waals surface area (Å²) in [5, 5.41) is 5.84. The minimum absolute atomic E-state index is 0.0535. The average molecular weight is 342 g/mol. The molecule has 23 heavy (non-hydrogen) atoms. The van der Waals surface area contributed by atoms with E-state index in [0.717, 1.165) is 6.42 Å². The summed E-state index contributed by atoms with van der Waals surface area (Å²) in [5.74, 6) is -0.799. The molecule has 126 valence electrons. The number of amides is 2. The van der Waals surface area contributed by atoms with Gasteiger partial charge in [-0.15, -0.1) is 0 Å². The van der Waals surface area contributed by atoms with Gasteiger partial charge in [0.2, 0.25) is 11.8 Å². The van der Waals surface area contributed by atoms with Crippen molar-refractivity contribution in [2.24, 2.45) is 0 Å². The number of carbonyl (C=O) groups excluding carboxylic acids is 2. The molecule has 2 amide bonds. The van der Waals surface area contributed by atoms with Crippen LogP contribution in [0.2, 0.25) is 5.02 Å². The monoisotopic (exact) mass is 341 g/mol. The van der Waals surface area contributed by atoms with Crippen LogP contribution in [-0.4, -0.2) is 42.4 Å². The van der Waals surface area contributed by atoms with Gasteiger partial charge >= 0.3 is 0 Å². The zero-order valence-electron chi connectivity index (χ0n) is 13.1. The van der Waals surface area contributed by atoms with Crippen LogP contribution in [0.4, 0.5) is 4.39 Å². The summed E-state index contributed by atoms with van der Waals surface area (Å²) in [6.07, 6.45) is 0.884. The zero-order valence-corrected chi connectivity index (χ0v) is 13.8. The molecule has 0 radical (unpaired) electrons. The number of rotatable bonds is 6. The summed E-state index contributed by atoms with van der Waals surface area (Å²) in [5.41, 5.74) is 0.350. The van der Waals surface area contributed by atoms with Gasteiger partial charge in [-0.3, -0.25) is 14.5 Å². The first kappa shape index (κ1) is 17.7. The number of benzene rings is 1. The zero-order chi connectivity index (χ0) is 16.8. The Labute approximate surface area is 140 Å². The Kier molecular flexibility index (Phi) is 6.36. The Morgan fingerprint density at radius 1 is 1.52 bits per heavy atom. The number of carbonyl (C=O) groups is 2. The van der Waals surface area contributed by atoms with Gasteiger partial charge in [0.25, 0.3) is 0 Å². The van der Waals surface area contributed by atoms with E-state index in [0.29, 0.717) is 30.2 Å². The van der Waals surface area contributed by atoms with Crippen LogP contribution in [0.1, 0.15) is 25.3 Å². The van der Waals surface area contributed by atoms with Gasteiger partial charge in [0.1, 0.15) is 5.82 Å². The van der Waals surface area contributed by atoms with Crippen LogP contribution in [0, 0.1) is 5.82 Å². The molecule has 1 saturated heterocycles. The molecule has 0 bridgehead atoms. The topological polar surface area (TPSA) is 61.4 Å². The minimum Gasteiger partial charge on any atom is -0.356 e. The Bertz CT molecular complexity index is 562. The smallest absolute Gasteiger partial charge is 0.237 e. The first-order chi connectivity index (χ1) is 11.0. The molecule has 0 unspecified atom stereocenters. The van der Waals surface area contributed by atoms with Gasteiger partial charge in [-0.2, -0.15) is 0 Å². The summed E-state index contributed by atoms with van der Waals surface area (Å²) in [6, 6.07) is 3.89. The standard InChI is InChI=1S/C16H21ClFN3O2/c1-2-6-19-15(22)9-14-16(23)20-7-8-21(14)10-11-12(17)4-3-5-13(11)18/h3-5,14H,2,6-10H2,1H3,(H,19,22)(H,20,23)/t14-/m0/s1. The fourth-order valence-corrected chi connectivity index (χ4v) is 2.79. The van der Waals surface area contributed by atoms with E-state index in [-0.39, 0.29) is 24.8 Å². The Balaban J connectivity index is 2.11. The summed E-state index contributed by atoms with van der Waals surface area (Å²) >= 11 is 6.06. The lowest BCUT2D eigenvalue weighted by molar-refractivity contribution is -0.134. The van der Waals surface area contributed by atoms with Crippen LogP contribution < -0.4 is 10.6 Å². The fourth-order valence-electron chi connectivity index (χ4n) is 2.57. The highest BCUT2D eigenvalue weighted by molar-refractivity contribution is 6.31. The summed E-state index contributed by atoms with van der Waals surface area (Å²) in [4.78, 5) is 25.8. The van der Waals surface area contributed by atoms with Crippen LogP contribution in [0.5, 0.6) is 0 Å². The van der Waals surface area contributed by atoms with Crippen LogP contribution >= 0.6 is 11.6 Å². The van der Waals surface area contributed by atoms with Crippen LogP contribution in [0.3, 0.4) is 0 Å². The molecule has 1 aromatic rings. The van der Waals surface area contributed by atoms with Crippen molar-refractivity contribution in [1.29, 1.82) is 0 Å². The third kappa shape index (κ3) is 4.65. The second-order valence-corrected chi connectivity index (χ2v) is 5.94. The summed E-state index contributed by atoms with van der Waals surface area (Å²) in [7, 11) is 0. The van der Waals surface area contributed by atoms with Crippen molar-refractivity contribution in [2.45, 2.75) is 32.4 Å². The number of piperazine rings is 1. The number of hydrogen-bond acceptors (Lipinski definition) is 3. The van der Waals surface area contributed by atoms with E-state index in [1.165, 1.54) is 6.07 Å². The van der Waals surface area contributed by atoms with Crippen LogP contribution in [0.15, 0.2) is 18.2 Å². The molecule has 2 rings (SSSR count). The molecule has 1 aliphatic heterocycles. The Morgan fingerprint density at radius 2 is 2.30 bits per heavy atom. The first-order valence-electron chi connectivity index (χ1n) is 7.74. The second kappa shape index (κ2) is 8.26. The largest absolute Gasteiger partial charge is 0.356 e. The lowest BCUT2D eigenvalue weighted by Crippen LogP contribution is -2.56. The summed E-state index contributed by atoms with van der Waals surface area (Å²) < 4.78 is 14.0. The first-order valence-corrected chi connectivity index (χ1v) is 8.12. The number of nitrogens with one attached hydrogen (secondary N) is 2. The highest BCUT2D eigenvalue weighted by atomic mass is 35.5. The fraction of sp³-hybridized carbons (Fsp3) is 0.500. The SMILES string of the molecule is CCCNC(=O)C[C@H]1C(=O)NCCN1Cc1c(F)cccc1Cl. The van der Waals surface area contributed by atoms with Crippen molar-refractivity contribution in [3.8, 4) is 0 Å². The predicted molar refractivity (Wildman–Crippen MR) is 86.5 cm³/mol. The summed E-state index contributed by atoms with van der Waals surface area (Å²) in [6.45, 7) is 3.75. The molecule has 1 aromatic carbocycles. The van der Waals surface area contributed by atoms with Gasteiger partial charge in [-0.05, 0) is 18.6 Å². The van der Waals surface area contributed by atoms with Gasteiger partial charge in [-0.1, -0.05) is 24.6 Å². The molecule has 0 aromatic heterocycles. The van der Waals surface area contributed by atoms with Gasteiger partial charge in [-0.25, -0.2) is 4.39 Å². The molecular formula is C16H21ClFN3O2. The highest BCUT2D eigenvalue weighted by Gasteiger charge is 2.32. The van der Waals surface area contributed by atoms with Crippen LogP contribution in [0.25, 0.3) is 0 Å². The molecule has 7 heteroatoms. The van der Waals surface area contributed by atoms with E-state index in [1.54, 1.807) is 17.0 Å². The molecule has 1 atom stereocenters. The molecule has 1 aliphatic rings. The molecular weight excluding hydrogens is 321 g/mol. The maximum Gasteiger partial charge on any atom is 0.237 e. The normalized spacial score (nSPS) is 18.6. The predicted octanol–water partition coefficient (Wildman–Crippen LogP) is 1.70. The van der Waals surface area contributed by atoms with Gasteiger partial charge in [0.05, 0.1) is 12.5 Å². The van der Waals surface area contributed by atoms with E-state index in [4.69, 9.17) is 11.6 Å². The molecule has 0 saturated carbocycles. The maximum absolute atomic E-state index is 14.0. The lowest BCUT2D eigenvalue weighted by Gasteiger charge is -2.35. The number of nitrogens with zero attached hydrogens (tertiary/aromatic N) is 1. The van der Waals surface area contributed by atoms with Crippen molar-refractivity contribution in [3.05, 3.63) is 34.6 Å². The van der Waals surface area contributed by atoms with Crippen molar-refractivity contribution in [3.63, 3.8) is 0 Å². The minimum atomic E-state index is -0.615. The van der Waals surface area contributed by atoms with Crippen molar-refractivity contribution >= 4 is 23.4 Å². The van der Waals surface area contributed by atoms with Gasteiger partial charge in [0, 0.05) is 36.8 Å². The maximum atomic E-state index is 14.0. The molecule has 0 spiro atoms. The van der Waals surface area contributed by atoms with E-state index in [2.05, 4.69) is 10.6 Å². The third-order valence-electron chi connectivity index (χ3n) is 3.82. The Hall–Kier alpha value is -1.66. The van der Waals surface area contributed by atoms with E-state index < -0.39 is 11.9 Å². The number of halogens is 2. The van der Waals surface area contributed by atoms with Gasteiger partial charge < -0.3 is 10.6 Å². The highest BCUT2D eigenvalue weighted by Crippen LogP contribution is 2.23. The average Bonchev–Trinajstić information content (AvgIpc) is 2.52. The third-order valence-corrected chi connectivity index (χ3v) is 4.17. The molecule has 1 heterocycles.